The number of methoxy groups -OCH3 is 2. The summed E-state index contributed by atoms with van der Waals surface area (Å²) in [5.74, 6) is 2.87. The first-order chi connectivity index (χ1) is 28.2. The minimum absolute atomic E-state index is 0.000594. The molecule has 0 amide bonds. The molecule has 1 fully saturated rings. The number of aromatic hydroxyl groups is 1. The number of rotatable bonds is 10. The first-order valence-electron chi connectivity index (χ1n) is 19.7. The predicted molar refractivity (Wildman–Crippen MR) is 220 cm³/mol. The van der Waals surface area contributed by atoms with Crippen molar-refractivity contribution in [1.29, 1.82) is 5.26 Å². The summed E-state index contributed by atoms with van der Waals surface area (Å²) in [6, 6.07) is 19.8. The van der Waals surface area contributed by atoms with Gasteiger partial charge in [-0.2, -0.15) is 5.26 Å². The van der Waals surface area contributed by atoms with Crippen LogP contribution in [0, 0.1) is 25.2 Å². The summed E-state index contributed by atoms with van der Waals surface area (Å²) >= 11 is 1.60. The van der Waals surface area contributed by atoms with E-state index in [-0.39, 0.29) is 50.0 Å². The van der Waals surface area contributed by atoms with Crippen molar-refractivity contribution in [1.82, 2.24) is 9.80 Å². The number of likely N-dealkylation sites (N-methyl/N-ethyl adjacent to an activating group) is 1. The molecular weight excluding hydrogens is 755 g/mol. The number of aryl methyl sites for hydroxylation is 1. The van der Waals surface area contributed by atoms with Gasteiger partial charge in [0, 0.05) is 58.7 Å². The van der Waals surface area contributed by atoms with Crippen LogP contribution in [0.25, 0.3) is 11.1 Å². The lowest BCUT2D eigenvalue weighted by atomic mass is 9.71. The third-order valence-corrected chi connectivity index (χ3v) is 13.8. The second-order valence-electron chi connectivity index (χ2n) is 15.8. The van der Waals surface area contributed by atoms with Gasteiger partial charge >= 0.3 is 5.97 Å². The Balaban J connectivity index is 1.06. The van der Waals surface area contributed by atoms with E-state index in [9.17, 15) is 15.2 Å². The first-order valence-corrected chi connectivity index (χ1v) is 20.7. The number of phenols is 1. The molecule has 9 rings (SSSR count). The summed E-state index contributed by atoms with van der Waals surface area (Å²) in [5, 5.41) is 24.8. The molecule has 1 N–H and O–H groups in total. The number of nitrogens with zero attached hydrogens (tertiary/aromatic N) is 3. The Bertz CT molecular complexity index is 2350. The Labute approximate surface area is 343 Å². The van der Waals surface area contributed by atoms with Gasteiger partial charge in [-0.25, -0.2) is 4.79 Å². The number of hydrogen-bond donors (Lipinski definition) is 1. The lowest BCUT2D eigenvalue weighted by Gasteiger charge is -2.59. The number of esters is 1. The maximum atomic E-state index is 13.9. The quantitative estimate of drug-likeness (QED) is 0.0972. The molecule has 12 heteroatoms. The number of carbonyl (C=O) groups excluding carboxylic acids is 1. The summed E-state index contributed by atoms with van der Waals surface area (Å²) < 4.78 is 35.9. The van der Waals surface area contributed by atoms with Gasteiger partial charge in [0.05, 0.1) is 25.3 Å². The highest BCUT2D eigenvalue weighted by atomic mass is 32.2. The van der Waals surface area contributed by atoms with Crippen LogP contribution in [0.3, 0.4) is 0 Å². The van der Waals surface area contributed by atoms with Crippen molar-refractivity contribution >= 4 is 17.7 Å². The zero-order valence-electron chi connectivity index (χ0n) is 33.5. The third-order valence-electron chi connectivity index (χ3n) is 12.8. The predicted octanol–water partition coefficient (Wildman–Crippen LogP) is 7.49. The SMILES string of the molecule is COCOc1c(OC)c(C)cc2c1[C@@H]1C3Cc4c(O)c(C)c5c(c4[C@H](COC(=O)/C(C)=C\SCC4c6ccccc6-c6ccccc64)N3[C@@H](C#N)[C@H](C2)N1C)OCO5. The molecule has 1 aliphatic carbocycles. The standard InChI is InChI=1S/C46H47N3O8S/c1-24-15-27-16-34-36(18-47)49-35(40(48(34)4)38(27)44(42(24)53-6)55-22-52-5)17-32-39(45-43(56-23-57-45)26(3)41(32)50)37(49)19-54-46(51)25(2)20-58-21-33-30-13-9-7-11-28(30)29-12-8-10-14-31(29)33/h7-15,20,33-37,40,50H,16-17,19,21-23H2,1-6H3/b25-20-/t34-,35?,36-,37-,40-/m0/s1. The maximum Gasteiger partial charge on any atom is 0.334 e. The molecule has 11 nitrogen and oxygen atoms in total. The molecule has 0 aromatic heterocycles. The Morgan fingerprint density at radius 2 is 1.71 bits per heavy atom. The van der Waals surface area contributed by atoms with E-state index in [2.05, 4.69) is 77.5 Å². The first kappa shape index (κ1) is 38.3. The van der Waals surface area contributed by atoms with Crippen LogP contribution in [0.2, 0.25) is 0 Å². The molecule has 1 saturated heterocycles. The fourth-order valence-corrected chi connectivity index (χ4v) is 11.3. The lowest BCUT2D eigenvalue weighted by Crippen LogP contribution is -2.68. The van der Waals surface area contributed by atoms with E-state index in [1.165, 1.54) is 22.3 Å². The van der Waals surface area contributed by atoms with E-state index in [4.69, 9.17) is 28.4 Å². The molecule has 4 aliphatic heterocycles. The van der Waals surface area contributed by atoms with Crippen LogP contribution < -0.4 is 18.9 Å². The largest absolute Gasteiger partial charge is 0.507 e. The minimum atomic E-state index is -0.632. The molecule has 2 bridgehead atoms. The number of phenolic OH excluding ortho intramolecular Hbond substituents is 1. The van der Waals surface area contributed by atoms with Crippen molar-refractivity contribution in [2.24, 2.45) is 0 Å². The van der Waals surface area contributed by atoms with Gasteiger partial charge in [-0.15, -0.1) is 11.8 Å². The number of thioether (sulfide) groups is 1. The normalized spacial score (nSPS) is 22.9. The third kappa shape index (κ3) is 5.93. The zero-order valence-corrected chi connectivity index (χ0v) is 34.4. The Morgan fingerprint density at radius 1 is 1.00 bits per heavy atom. The molecule has 0 radical (unpaired) electrons. The molecule has 0 saturated carbocycles. The van der Waals surface area contributed by atoms with E-state index >= 15 is 0 Å². The fourth-order valence-electron chi connectivity index (χ4n) is 10.3. The fraction of sp³-hybridized carbons (Fsp3) is 0.391. The average molecular weight is 802 g/mol. The number of nitriles is 1. The molecule has 300 valence electrons. The van der Waals surface area contributed by atoms with Crippen LogP contribution in [0.4, 0.5) is 0 Å². The monoisotopic (exact) mass is 801 g/mol. The molecule has 0 spiro atoms. The summed E-state index contributed by atoms with van der Waals surface area (Å²) in [7, 11) is 5.27. The number of benzene rings is 4. The number of fused-ring (bicyclic) bond motifs is 12. The molecule has 4 heterocycles. The van der Waals surface area contributed by atoms with Gasteiger partial charge < -0.3 is 33.5 Å². The number of piperazine rings is 1. The number of ether oxygens (including phenoxy) is 6. The maximum absolute atomic E-state index is 13.9. The lowest BCUT2D eigenvalue weighted by molar-refractivity contribution is -0.144. The second kappa shape index (κ2) is 15.2. The van der Waals surface area contributed by atoms with Crippen LogP contribution in [0.5, 0.6) is 28.7 Å². The van der Waals surface area contributed by atoms with E-state index < -0.39 is 18.1 Å². The summed E-state index contributed by atoms with van der Waals surface area (Å²) in [4.78, 5) is 18.4. The van der Waals surface area contributed by atoms with E-state index in [1.54, 1.807) is 32.9 Å². The van der Waals surface area contributed by atoms with Crippen molar-refractivity contribution in [2.45, 2.75) is 69.7 Å². The highest BCUT2D eigenvalue weighted by Crippen LogP contribution is 2.58. The van der Waals surface area contributed by atoms with Gasteiger partial charge in [0.25, 0.3) is 0 Å². The van der Waals surface area contributed by atoms with Gasteiger partial charge in [-0.1, -0.05) is 54.6 Å². The van der Waals surface area contributed by atoms with Gasteiger partial charge in [-0.05, 0) is 79.4 Å². The Morgan fingerprint density at radius 3 is 2.40 bits per heavy atom. The number of carbonyl (C=O) groups is 1. The van der Waals surface area contributed by atoms with E-state index in [1.807, 2.05) is 19.3 Å². The smallest absolute Gasteiger partial charge is 0.334 e. The van der Waals surface area contributed by atoms with Crippen LogP contribution in [0.15, 0.2) is 65.6 Å². The topological polar surface area (TPSA) is 123 Å². The average Bonchev–Trinajstić information content (AvgIpc) is 3.85. The molecule has 5 atom stereocenters. The van der Waals surface area contributed by atoms with Gasteiger partial charge in [0.2, 0.25) is 6.79 Å². The van der Waals surface area contributed by atoms with Crippen molar-refractivity contribution in [3.63, 3.8) is 0 Å². The van der Waals surface area contributed by atoms with Crippen molar-refractivity contribution in [3.05, 3.63) is 110 Å². The van der Waals surface area contributed by atoms with Crippen molar-refractivity contribution in [3.8, 4) is 45.9 Å². The van der Waals surface area contributed by atoms with E-state index in [0.29, 0.717) is 58.1 Å². The van der Waals surface area contributed by atoms with Crippen molar-refractivity contribution < 1.29 is 38.3 Å². The highest BCUT2D eigenvalue weighted by Gasteiger charge is 2.57. The van der Waals surface area contributed by atoms with Crippen LogP contribution in [-0.2, 0) is 27.1 Å². The Kier molecular flexibility index (Phi) is 10.0. The van der Waals surface area contributed by atoms with Crippen molar-refractivity contribution in [2.75, 3.05) is 47.2 Å². The molecule has 58 heavy (non-hydrogen) atoms. The molecule has 5 aliphatic rings. The second-order valence-corrected chi connectivity index (χ2v) is 16.7. The molecule has 1 unspecified atom stereocenters. The summed E-state index contributed by atoms with van der Waals surface area (Å²) in [5.41, 5.74) is 10.5. The zero-order chi connectivity index (χ0) is 40.4. The number of hydrogen-bond acceptors (Lipinski definition) is 12. The van der Waals surface area contributed by atoms with Crippen LogP contribution >= 0.6 is 11.8 Å². The highest BCUT2D eigenvalue weighted by molar-refractivity contribution is 8.02. The van der Waals surface area contributed by atoms with Crippen LogP contribution in [0.1, 0.15) is 69.4 Å². The summed E-state index contributed by atoms with van der Waals surface area (Å²) in [6.07, 6.45) is 0.981. The van der Waals surface area contributed by atoms with Crippen LogP contribution in [-0.4, -0.2) is 86.2 Å². The van der Waals surface area contributed by atoms with Gasteiger partial charge in [0.15, 0.2) is 29.8 Å². The molecule has 4 aromatic carbocycles. The Hall–Kier alpha value is -5.19. The van der Waals surface area contributed by atoms with E-state index in [0.717, 1.165) is 22.4 Å². The van der Waals surface area contributed by atoms with Gasteiger partial charge in [0.1, 0.15) is 18.4 Å². The molecule has 4 aromatic rings. The summed E-state index contributed by atoms with van der Waals surface area (Å²) in [6.45, 7) is 5.55. The molecular formula is C46H47N3O8S. The minimum Gasteiger partial charge on any atom is -0.507 e. The van der Waals surface area contributed by atoms with Gasteiger partial charge in [-0.3, -0.25) is 9.80 Å².